The predicted octanol–water partition coefficient (Wildman–Crippen LogP) is 1.27. The van der Waals surface area contributed by atoms with Crippen LogP contribution in [0.3, 0.4) is 0 Å². The van der Waals surface area contributed by atoms with Crippen molar-refractivity contribution in [2.45, 2.75) is 57.9 Å². The van der Waals surface area contributed by atoms with Gasteiger partial charge in [-0.25, -0.2) is 0 Å². The Kier molecular flexibility index (Phi) is 7.54. The number of rotatable bonds is 10. The Morgan fingerprint density at radius 3 is 2.41 bits per heavy atom. The summed E-state index contributed by atoms with van der Waals surface area (Å²) >= 11 is 0. The van der Waals surface area contributed by atoms with Gasteiger partial charge in [-0.3, -0.25) is 9.59 Å². The maximum Gasteiger partial charge on any atom is 0.323 e. The van der Waals surface area contributed by atoms with Crippen molar-refractivity contribution in [2.75, 3.05) is 6.54 Å². The van der Waals surface area contributed by atoms with Gasteiger partial charge in [-0.05, 0) is 13.3 Å². The van der Waals surface area contributed by atoms with Gasteiger partial charge in [0.05, 0.1) is 0 Å². The van der Waals surface area contributed by atoms with E-state index in [0.29, 0.717) is 13.0 Å². The van der Waals surface area contributed by atoms with Crippen LogP contribution in [0.4, 0.5) is 0 Å². The number of amides is 1. The summed E-state index contributed by atoms with van der Waals surface area (Å²) in [5.41, 5.74) is 4.06. The van der Waals surface area contributed by atoms with Crippen LogP contribution in [0.15, 0.2) is 0 Å². The van der Waals surface area contributed by atoms with Gasteiger partial charge in [0.1, 0.15) is 5.54 Å². The fraction of sp³-hybridized carbons (Fsp3) is 0.833. The van der Waals surface area contributed by atoms with Crippen LogP contribution in [-0.2, 0) is 9.59 Å². The Balaban J connectivity index is 4.07. The molecule has 0 rings (SSSR count). The first-order valence-electron chi connectivity index (χ1n) is 6.19. The van der Waals surface area contributed by atoms with E-state index in [9.17, 15) is 14.7 Å². The molecular weight excluding hydrogens is 220 g/mol. The normalized spacial score (nSPS) is 14.2. The molecule has 5 heteroatoms. The Morgan fingerprint density at radius 2 is 1.94 bits per heavy atom. The van der Waals surface area contributed by atoms with Gasteiger partial charge in [-0.2, -0.15) is 0 Å². The van der Waals surface area contributed by atoms with Crippen molar-refractivity contribution in [3.05, 3.63) is 0 Å². The van der Waals surface area contributed by atoms with E-state index in [1.807, 2.05) is 0 Å². The molecule has 1 atom stereocenters. The lowest BCUT2D eigenvalue weighted by molar-refractivity contribution is -0.144. The molecule has 1 unspecified atom stereocenters. The molecule has 17 heavy (non-hydrogen) atoms. The van der Waals surface area contributed by atoms with Gasteiger partial charge >= 0.3 is 5.97 Å². The molecule has 0 aliphatic rings. The molecule has 0 aliphatic heterocycles. The van der Waals surface area contributed by atoms with Crippen LogP contribution in [0.5, 0.6) is 0 Å². The molecule has 0 aromatic carbocycles. The van der Waals surface area contributed by atoms with E-state index >= 15 is 0 Å². The van der Waals surface area contributed by atoms with Crippen molar-refractivity contribution in [3.63, 3.8) is 0 Å². The molecule has 0 aliphatic carbocycles. The number of primary amides is 1. The monoisotopic (exact) mass is 244 g/mol. The van der Waals surface area contributed by atoms with Crippen LogP contribution >= 0.6 is 0 Å². The zero-order valence-electron chi connectivity index (χ0n) is 10.8. The van der Waals surface area contributed by atoms with E-state index < -0.39 is 17.4 Å². The summed E-state index contributed by atoms with van der Waals surface area (Å²) in [6, 6.07) is 0. The highest BCUT2D eigenvalue weighted by atomic mass is 16.4. The van der Waals surface area contributed by atoms with Crippen molar-refractivity contribution >= 4 is 11.9 Å². The Hall–Kier alpha value is -1.10. The van der Waals surface area contributed by atoms with Crippen LogP contribution in [0.1, 0.15) is 52.4 Å². The Morgan fingerprint density at radius 1 is 1.29 bits per heavy atom. The second-order valence-electron chi connectivity index (χ2n) is 4.59. The zero-order chi connectivity index (χ0) is 13.3. The second-order valence-corrected chi connectivity index (χ2v) is 4.59. The van der Waals surface area contributed by atoms with Crippen LogP contribution in [0, 0.1) is 0 Å². The number of carbonyl (C=O) groups excluding carboxylic acids is 1. The first-order chi connectivity index (χ1) is 7.92. The van der Waals surface area contributed by atoms with E-state index in [0.717, 1.165) is 25.7 Å². The van der Waals surface area contributed by atoms with Crippen molar-refractivity contribution in [2.24, 2.45) is 5.73 Å². The van der Waals surface area contributed by atoms with Crippen LogP contribution in [-0.4, -0.2) is 29.1 Å². The van der Waals surface area contributed by atoms with Gasteiger partial charge in [0.25, 0.3) is 0 Å². The van der Waals surface area contributed by atoms with E-state index in [1.165, 1.54) is 0 Å². The molecule has 0 radical (unpaired) electrons. The fourth-order valence-corrected chi connectivity index (χ4v) is 1.64. The Labute approximate surface area is 103 Å². The standard InChI is InChI=1S/C12H24N2O3/c1-3-4-5-6-8-12(2,11(16)17)14-9-7-10(13)15/h14H,3-9H2,1-2H3,(H2,13,15)(H,16,17). The molecule has 0 aromatic rings. The molecule has 0 bridgehead atoms. The van der Waals surface area contributed by atoms with Gasteiger partial charge in [-0.15, -0.1) is 0 Å². The predicted molar refractivity (Wildman–Crippen MR) is 66.6 cm³/mol. The number of nitrogens with two attached hydrogens (primary N) is 1. The van der Waals surface area contributed by atoms with Crippen molar-refractivity contribution in [3.8, 4) is 0 Å². The summed E-state index contributed by atoms with van der Waals surface area (Å²) in [5, 5.41) is 12.1. The second kappa shape index (κ2) is 8.06. The summed E-state index contributed by atoms with van der Waals surface area (Å²) in [4.78, 5) is 21.8. The molecule has 0 aromatic heterocycles. The summed E-state index contributed by atoms with van der Waals surface area (Å²) < 4.78 is 0. The molecule has 0 saturated heterocycles. The first-order valence-corrected chi connectivity index (χ1v) is 6.19. The largest absolute Gasteiger partial charge is 0.480 e. The Bertz CT molecular complexity index is 256. The first kappa shape index (κ1) is 15.9. The van der Waals surface area contributed by atoms with Crippen LogP contribution in [0.25, 0.3) is 0 Å². The van der Waals surface area contributed by atoms with E-state index in [4.69, 9.17) is 5.73 Å². The minimum Gasteiger partial charge on any atom is -0.480 e. The third-order valence-electron chi connectivity index (χ3n) is 2.89. The SMILES string of the molecule is CCCCCCC(C)(NCCC(N)=O)C(=O)O. The lowest BCUT2D eigenvalue weighted by Gasteiger charge is -2.26. The fourth-order valence-electron chi connectivity index (χ4n) is 1.64. The maximum atomic E-state index is 11.2. The van der Waals surface area contributed by atoms with Gasteiger partial charge in [-0.1, -0.05) is 32.6 Å². The number of hydrogen-bond acceptors (Lipinski definition) is 3. The number of carboxylic acids is 1. The van der Waals surface area contributed by atoms with E-state index in [1.54, 1.807) is 6.92 Å². The molecule has 0 spiro atoms. The molecule has 4 N–H and O–H groups in total. The smallest absolute Gasteiger partial charge is 0.323 e. The third kappa shape index (κ3) is 6.94. The van der Waals surface area contributed by atoms with Gasteiger partial charge in [0.2, 0.25) is 5.91 Å². The lowest BCUT2D eigenvalue weighted by atomic mass is 9.94. The summed E-state index contributed by atoms with van der Waals surface area (Å²) in [6.07, 6.45) is 4.89. The molecule has 0 saturated carbocycles. The lowest BCUT2D eigenvalue weighted by Crippen LogP contribution is -2.50. The van der Waals surface area contributed by atoms with Crippen LogP contribution in [0.2, 0.25) is 0 Å². The quantitative estimate of drug-likeness (QED) is 0.504. The van der Waals surface area contributed by atoms with Crippen molar-refractivity contribution in [1.82, 2.24) is 5.32 Å². The third-order valence-corrected chi connectivity index (χ3v) is 2.89. The minimum absolute atomic E-state index is 0.165. The van der Waals surface area contributed by atoms with Gasteiger partial charge < -0.3 is 16.2 Å². The number of carboxylic acid groups (broad SMARTS) is 1. The summed E-state index contributed by atoms with van der Waals surface area (Å²) in [6.45, 7) is 4.08. The number of nitrogens with one attached hydrogen (secondary N) is 1. The number of carbonyl (C=O) groups is 2. The highest BCUT2D eigenvalue weighted by molar-refractivity contribution is 5.78. The van der Waals surface area contributed by atoms with Crippen molar-refractivity contribution in [1.29, 1.82) is 0 Å². The highest BCUT2D eigenvalue weighted by Gasteiger charge is 2.31. The summed E-state index contributed by atoms with van der Waals surface area (Å²) in [5.74, 6) is -1.30. The highest BCUT2D eigenvalue weighted by Crippen LogP contribution is 2.15. The van der Waals surface area contributed by atoms with Gasteiger partial charge in [0.15, 0.2) is 0 Å². The van der Waals surface area contributed by atoms with E-state index in [2.05, 4.69) is 12.2 Å². The van der Waals surface area contributed by atoms with E-state index in [-0.39, 0.29) is 6.42 Å². The zero-order valence-corrected chi connectivity index (χ0v) is 10.8. The molecule has 0 fully saturated rings. The minimum atomic E-state index is -0.955. The maximum absolute atomic E-state index is 11.2. The molecule has 100 valence electrons. The van der Waals surface area contributed by atoms with Crippen LogP contribution < -0.4 is 11.1 Å². The topological polar surface area (TPSA) is 92.4 Å². The molecule has 0 heterocycles. The molecule has 5 nitrogen and oxygen atoms in total. The molecule has 1 amide bonds. The average Bonchev–Trinajstić information content (AvgIpc) is 2.23. The number of aliphatic carboxylic acids is 1. The summed E-state index contributed by atoms with van der Waals surface area (Å²) in [7, 11) is 0. The number of unbranched alkanes of at least 4 members (excludes halogenated alkanes) is 3. The van der Waals surface area contributed by atoms with Gasteiger partial charge in [0, 0.05) is 13.0 Å². The number of hydrogen-bond donors (Lipinski definition) is 3. The average molecular weight is 244 g/mol. The molecular formula is C12H24N2O3. The van der Waals surface area contributed by atoms with Crippen molar-refractivity contribution < 1.29 is 14.7 Å².